The molecule has 2 rings (SSSR count). The Hall–Kier alpha value is -1.48. The van der Waals surface area contributed by atoms with Gasteiger partial charge in [0.2, 0.25) is 0 Å². The Morgan fingerprint density at radius 1 is 1.32 bits per heavy atom. The van der Waals surface area contributed by atoms with Gasteiger partial charge in [-0.25, -0.2) is 8.42 Å². The van der Waals surface area contributed by atoms with Crippen LogP contribution in [0.15, 0.2) is 29.2 Å². The Bertz CT molecular complexity index is 676. The van der Waals surface area contributed by atoms with Crippen LogP contribution < -0.4 is 5.32 Å². The average Bonchev–Trinajstić information content (AvgIpc) is 2.62. The predicted molar refractivity (Wildman–Crippen MR) is 95.6 cm³/mol. The van der Waals surface area contributed by atoms with Crippen molar-refractivity contribution in [1.82, 2.24) is 14.7 Å². The van der Waals surface area contributed by atoms with Gasteiger partial charge in [0.25, 0.3) is 15.9 Å². The van der Waals surface area contributed by atoms with Crippen molar-refractivity contribution in [2.75, 3.05) is 33.8 Å². The molecule has 0 bridgehead atoms. The first kappa shape index (κ1) is 19.8. The van der Waals surface area contributed by atoms with Gasteiger partial charge in [0, 0.05) is 31.7 Å². The maximum Gasteiger partial charge on any atom is 0.264 e. The zero-order chi connectivity index (χ0) is 18.4. The minimum Gasteiger partial charge on any atom is -0.351 e. The topological polar surface area (TPSA) is 78.9 Å². The number of nitrogens with zero attached hydrogens (tertiary/aromatic N) is 2. The molecule has 7 nitrogen and oxygen atoms in total. The number of benzene rings is 1. The summed E-state index contributed by atoms with van der Waals surface area (Å²) in [5.74, 6) is -0.200. The average molecular weight is 369 g/mol. The van der Waals surface area contributed by atoms with Crippen LogP contribution in [0.25, 0.3) is 0 Å². The number of hydroxylamine groups is 1. The van der Waals surface area contributed by atoms with Crippen molar-refractivity contribution in [2.45, 2.75) is 37.1 Å². The standard InChI is InChI=1S/C17H27N3O4S/c1-14-6-4-5-12-20(14)13-11-18-17(21)15-7-9-16(10-8-15)25(22,23)19(2)24-3/h7-10,14H,4-6,11-13H2,1-3H3,(H,18,21). The van der Waals surface area contributed by atoms with Crippen LogP contribution in [0, 0.1) is 0 Å². The Morgan fingerprint density at radius 2 is 2.00 bits per heavy atom. The van der Waals surface area contributed by atoms with E-state index in [0.717, 1.165) is 17.6 Å². The predicted octanol–water partition coefficient (Wildman–Crippen LogP) is 1.47. The summed E-state index contributed by atoms with van der Waals surface area (Å²) in [6, 6.07) is 6.40. The molecule has 0 aliphatic carbocycles. The van der Waals surface area contributed by atoms with E-state index >= 15 is 0 Å². The minimum absolute atomic E-state index is 0.0792. The fourth-order valence-corrected chi connectivity index (χ4v) is 3.90. The van der Waals surface area contributed by atoms with E-state index < -0.39 is 10.0 Å². The van der Waals surface area contributed by atoms with Gasteiger partial charge in [-0.2, -0.15) is 0 Å². The zero-order valence-electron chi connectivity index (χ0n) is 15.1. The van der Waals surface area contributed by atoms with Crippen molar-refractivity contribution in [1.29, 1.82) is 0 Å². The molecule has 8 heteroatoms. The lowest BCUT2D eigenvalue weighted by Gasteiger charge is -2.33. The van der Waals surface area contributed by atoms with Crippen molar-refractivity contribution >= 4 is 15.9 Å². The quantitative estimate of drug-likeness (QED) is 0.737. The second kappa shape index (κ2) is 8.75. The van der Waals surface area contributed by atoms with Crippen molar-refractivity contribution in [3.8, 4) is 0 Å². The second-order valence-corrected chi connectivity index (χ2v) is 8.19. The fraction of sp³-hybridized carbons (Fsp3) is 0.588. The zero-order valence-corrected chi connectivity index (χ0v) is 15.9. The highest BCUT2D eigenvalue weighted by Gasteiger charge is 2.21. The summed E-state index contributed by atoms with van der Waals surface area (Å²) in [5.41, 5.74) is 0.436. The third-order valence-corrected chi connectivity index (χ3v) is 6.33. The minimum atomic E-state index is -3.70. The van der Waals surface area contributed by atoms with Gasteiger partial charge in [0.1, 0.15) is 0 Å². The van der Waals surface area contributed by atoms with Gasteiger partial charge in [0.05, 0.1) is 12.0 Å². The highest BCUT2D eigenvalue weighted by atomic mass is 32.2. The molecule has 1 amide bonds. The van der Waals surface area contributed by atoms with Gasteiger partial charge in [-0.05, 0) is 50.6 Å². The molecular weight excluding hydrogens is 342 g/mol. The first-order valence-electron chi connectivity index (χ1n) is 8.51. The molecule has 0 aromatic heterocycles. The van der Waals surface area contributed by atoms with Crippen LogP contribution in [-0.2, 0) is 14.9 Å². The Morgan fingerprint density at radius 3 is 2.60 bits per heavy atom. The lowest BCUT2D eigenvalue weighted by atomic mass is 10.0. The molecule has 1 N–H and O–H groups in total. The van der Waals surface area contributed by atoms with Gasteiger partial charge in [-0.3, -0.25) is 14.5 Å². The van der Waals surface area contributed by atoms with E-state index in [1.54, 1.807) is 0 Å². The van der Waals surface area contributed by atoms with E-state index in [4.69, 9.17) is 4.84 Å². The molecular formula is C17H27N3O4S. The van der Waals surface area contributed by atoms with Crippen molar-refractivity contribution in [3.05, 3.63) is 29.8 Å². The fourth-order valence-electron chi connectivity index (χ4n) is 2.93. The van der Waals surface area contributed by atoms with Gasteiger partial charge in [-0.1, -0.05) is 10.9 Å². The summed E-state index contributed by atoms with van der Waals surface area (Å²) in [7, 11) is -1.10. The van der Waals surface area contributed by atoms with Gasteiger partial charge in [0.15, 0.2) is 0 Å². The molecule has 140 valence electrons. The number of hydrogen-bond donors (Lipinski definition) is 1. The lowest BCUT2D eigenvalue weighted by molar-refractivity contribution is -0.0258. The molecule has 0 spiro atoms. The van der Waals surface area contributed by atoms with Crippen LogP contribution in [0.4, 0.5) is 0 Å². The first-order valence-corrected chi connectivity index (χ1v) is 9.95. The SMILES string of the molecule is CON(C)S(=O)(=O)c1ccc(C(=O)NCCN2CCCCC2C)cc1. The summed E-state index contributed by atoms with van der Waals surface area (Å²) in [4.78, 5) is 19.4. The highest BCUT2D eigenvalue weighted by molar-refractivity contribution is 7.89. The number of hydrogen-bond acceptors (Lipinski definition) is 5. The number of rotatable bonds is 7. The molecule has 0 saturated carbocycles. The Labute approximate surface area is 149 Å². The van der Waals surface area contributed by atoms with Crippen LogP contribution in [0.3, 0.4) is 0 Å². The van der Waals surface area contributed by atoms with Crippen LogP contribution in [0.5, 0.6) is 0 Å². The smallest absolute Gasteiger partial charge is 0.264 e. The van der Waals surface area contributed by atoms with Crippen LogP contribution in [0.2, 0.25) is 0 Å². The molecule has 1 aromatic rings. The van der Waals surface area contributed by atoms with E-state index in [1.165, 1.54) is 57.7 Å². The Kier molecular flexibility index (Phi) is 6.95. The third kappa shape index (κ3) is 5.01. The maximum absolute atomic E-state index is 12.2. The first-order chi connectivity index (χ1) is 11.9. The molecule has 1 heterocycles. The molecule has 1 aliphatic rings. The van der Waals surface area contributed by atoms with Crippen molar-refractivity contribution in [3.63, 3.8) is 0 Å². The highest BCUT2D eigenvalue weighted by Crippen LogP contribution is 2.16. The van der Waals surface area contributed by atoms with Crippen molar-refractivity contribution < 1.29 is 18.0 Å². The molecule has 1 aliphatic heterocycles. The molecule has 1 aromatic carbocycles. The van der Waals surface area contributed by atoms with E-state index in [1.807, 2.05) is 0 Å². The van der Waals surface area contributed by atoms with Gasteiger partial charge >= 0.3 is 0 Å². The molecule has 25 heavy (non-hydrogen) atoms. The van der Waals surface area contributed by atoms with E-state index in [-0.39, 0.29) is 10.8 Å². The summed E-state index contributed by atoms with van der Waals surface area (Å²) >= 11 is 0. The summed E-state index contributed by atoms with van der Waals surface area (Å²) in [6.45, 7) is 4.71. The van der Waals surface area contributed by atoms with Crippen LogP contribution in [-0.4, -0.2) is 63.5 Å². The van der Waals surface area contributed by atoms with E-state index in [0.29, 0.717) is 18.2 Å². The number of sulfonamides is 1. The van der Waals surface area contributed by atoms with Crippen molar-refractivity contribution in [2.24, 2.45) is 0 Å². The number of likely N-dealkylation sites (tertiary alicyclic amines) is 1. The molecule has 1 saturated heterocycles. The number of amides is 1. The lowest BCUT2D eigenvalue weighted by Crippen LogP contribution is -2.42. The molecule has 1 atom stereocenters. The Balaban J connectivity index is 1.90. The second-order valence-electron chi connectivity index (χ2n) is 6.26. The normalized spacial score (nSPS) is 19.1. The number of nitrogens with one attached hydrogen (secondary N) is 1. The van der Waals surface area contributed by atoms with E-state index in [2.05, 4.69) is 17.1 Å². The summed E-state index contributed by atoms with van der Waals surface area (Å²) < 4.78 is 25.0. The van der Waals surface area contributed by atoms with Gasteiger partial charge < -0.3 is 5.32 Å². The third-order valence-electron chi connectivity index (χ3n) is 4.64. The molecule has 1 fully saturated rings. The number of carbonyl (C=O) groups excluding carboxylic acids is 1. The molecule has 1 unspecified atom stereocenters. The van der Waals surface area contributed by atoms with Gasteiger partial charge in [-0.15, -0.1) is 0 Å². The van der Waals surface area contributed by atoms with E-state index in [9.17, 15) is 13.2 Å². The monoisotopic (exact) mass is 369 g/mol. The van der Waals surface area contributed by atoms with Crippen LogP contribution in [0.1, 0.15) is 36.5 Å². The maximum atomic E-state index is 12.2. The largest absolute Gasteiger partial charge is 0.351 e. The summed E-state index contributed by atoms with van der Waals surface area (Å²) in [5, 5.41) is 2.89. The molecule has 0 radical (unpaired) electrons. The summed E-state index contributed by atoms with van der Waals surface area (Å²) in [6.07, 6.45) is 3.70. The van der Waals surface area contributed by atoms with Crippen LogP contribution >= 0.6 is 0 Å². The number of piperidine rings is 1. The number of carbonyl (C=O) groups is 1.